The second kappa shape index (κ2) is 7.14. The van der Waals surface area contributed by atoms with Crippen LogP contribution in [0.1, 0.15) is 24.0 Å². The maximum Gasteiger partial charge on any atom is 0.319 e. The van der Waals surface area contributed by atoms with Crippen molar-refractivity contribution in [1.29, 1.82) is 0 Å². The number of nitrogens with zero attached hydrogens (tertiary/aromatic N) is 1. The zero-order valence-corrected chi connectivity index (χ0v) is 13.3. The minimum Gasteiger partial charge on any atom is -0.441 e. The van der Waals surface area contributed by atoms with Gasteiger partial charge in [-0.2, -0.15) is 0 Å². The third-order valence-corrected chi connectivity index (χ3v) is 3.64. The Balaban J connectivity index is 1.49. The predicted octanol–water partition coefficient (Wildman–Crippen LogP) is 3.38. The average molecular weight is 325 g/mol. The summed E-state index contributed by atoms with van der Waals surface area (Å²) in [7, 11) is 0. The molecule has 2 amide bonds. The molecule has 0 saturated carbocycles. The first-order valence-corrected chi connectivity index (χ1v) is 7.77. The van der Waals surface area contributed by atoms with Gasteiger partial charge < -0.3 is 20.2 Å². The van der Waals surface area contributed by atoms with Gasteiger partial charge in [-0.05, 0) is 24.1 Å². The van der Waals surface area contributed by atoms with Crippen LogP contribution in [0.25, 0.3) is 11.1 Å². The highest BCUT2D eigenvalue weighted by Gasteiger charge is 2.09. The van der Waals surface area contributed by atoms with Crippen LogP contribution in [0, 0.1) is 6.92 Å². The summed E-state index contributed by atoms with van der Waals surface area (Å²) in [6.45, 7) is 2.14. The first-order chi connectivity index (χ1) is 11.6. The van der Waals surface area contributed by atoms with E-state index in [0.717, 1.165) is 11.1 Å². The number of rotatable bonds is 5. The number of urea groups is 1. The van der Waals surface area contributed by atoms with Gasteiger partial charge in [0.05, 0.1) is 6.10 Å². The number of aliphatic hydroxyl groups is 1. The zero-order chi connectivity index (χ0) is 16.9. The Morgan fingerprint density at radius 3 is 2.83 bits per heavy atom. The second-order valence-corrected chi connectivity index (χ2v) is 5.51. The number of aryl methyl sites for hydroxylation is 1. The van der Waals surface area contributed by atoms with Crippen LogP contribution in [0.4, 0.5) is 10.5 Å². The first-order valence-electron chi connectivity index (χ1n) is 7.77. The molecule has 0 fully saturated rings. The lowest BCUT2D eigenvalue weighted by Gasteiger charge is -2.12. The molecule has 3 N–H and O–H groups in total. The van der Waals surface area contributed by atoms with E-state index in [0.29, 0.717) is 30.1 Å². The highest BCUT2D eigenvalue weighted by molar-refractivity contribution is 5.91. The SMILES string of the molecule is Cc1nc2ccc(NC(=O)NCCC(O)c3ccccc3)cc2o1. The van der Waals surface area contributed by atoms with Crippen molar-refractivity contribution in [1.82, 2.24) is 10.3 Å². The standard InChI is InChI=1S/C18H19N3O3/c1-12-20-15-8-7-14(11-17(15)24-12)21-18(23)19-10-9-16(22)13-5-3-2-4-6-13/h2-8,11,16,22H,9-10H2,1H3,(H2,19,21,23). The number of aliphatic hydroxyl groups excluding tert-OH is 1. The quantitative estimate of drug-likeness (QED) is 0.671. The molecule has 0 bridgehead atoms. The number of carbonyl (C=O) groups is 1. The van der Waals surface area contributed by atoms with Gasteiger partial charge in [0.15, 0.2) is 11.5 Å². The smallest absolute Gasteiger partial charge is 0.319 e. The average Bonchev–Trinajstić information content (AvgIpc) is 2.95. The fourth-order valence-electron chi connectivity index (χ4n) is 2.46. The van der Waals surface area contributed by atoms with E-state index in [1.165, 1.54) is 0 Å². The summed E-state index contributed by atoms with van der Waals surface area (Å²) in [6.07, 6.45) is -0.155. The molecule has 0 aliphatic carbocycles. The van der Waals surface area contributed by atoms with Crippen molar-refractivity contribution >= 4 is 22.8 Å². The monoisotopic (exact) mass is 325 g/mol. The number of anilines is 1. The van der Waals surface area contributed by atoms with Crippen molar-refractivity contribution in [2.24, 2.45) is 0 Å². The normalized spacial score (nSPS) is 12.1. The van der Waals surface area contributed by atoms with E-state index in [1.54, 1.807) is 25.1 Å². The topological polar surface area (TPSA) is 87.4 Å². The van der Waals surface area contributed by atoms with Crippen LogP contribution in [0.5, 0.6) is 0 Å². The summed E-state index contributed by atoms with van der Waals surface area (Å²) in [5.41, 5.74) is 2.85. The molecule has 1 atom stereocenters. The van der Waals surface area contributed by atoms with E-state index >= 15 is 0 Å². The van der Waals surface area contributed by atoms with Gasteiger partial charge in [-0.3, -0.25) is 0 Å². The molecule has 0 saturated heterocycles. The number of hydrogen-bond donors (Lipinski definition) is 3. The molecule has 1 unspecified atom stereocenters. The van der Waals surface area contributed by atoms with Gasteiger partial charge in [-0.1, -0.05) is 30.3 Å². The molecule has 0 spiro atoms. The molecule has 24 heavy (non-hydrogen) atoms. The lowest BCUT2D eigenvalue weighted by Crippen LogP contribution is -2.30. The van der Waals surface area contributed by atoms with E-state index in [1.807, 2.05) is 30.3 Å². The van der Waals surface area contributed by atoms with Gasteiger partial charge >= 0.3 is 6.03 Å². The van der Waals surface area contributed by atoms with E-state index in [9.17, 15) is 9.90 Å². The molecule has 1 heterocycles. The van der Waals surface area contributed by atoms with Crippen molar-refractivity contribution < 1.29 is 14.3 Å². The Kier molecular flexibility index (Phi) is 4.77. The van der Waals surface area contributed by atoms with Gasteiger partial charge in [0.1, 0.15) is 5.52 Å². The molecule has 3 rings (SSSR count). The summed E-state index contributed by atoms with van der Waals surface area (Å²) in [6, 6.07) is 14.3. The maximum atomic E-state index is 11.9. The van der Waals surface area contributed by atoms with Crippen molar-refractivity contribution in [2.45, 2.75) is 19.4 Å². The summed E-state index contributed by atoms with van der Waals surface area (Å²) in [4.78, 5) is 16.1. The van der Waals surface area contributed by atoms with Crippen LogP contribution in [-0.2, 0) is 0 Å². The minimum atomic E-state index is -0.597. The number of nitrogens with one attached hydrogen (secondary N) is 2. The lowest BCUT2D eigenvalue weighted by atomic mass is 10.1. The number of aromatic nitrogens is 1. The molecule has 0 aliphatic rings. The zero-order valence-electron chi connectivity index (χ0n) is 13.3. The van der Waals surface area contributed by atoms with Crippen LogP contribution < -0.4 is 10.6 Å². The fraction of sp³-hybridized carbons (Fsp3) is 0.222. The second-order valence-electron chi connectivity index (χ2n) is 5.51. The number of hydrogen-bond acceptors (Lipinski definition) is 4. The van der Waals surface area contributed by atoms with Crippen LogP contribution in [0.3, 0.4) is 0 Å². The van der Waals surface area contributed by atoms with Gasteiger partial charge in [-0.25, -0.2) is 9.78 Å². The van der Waals surface area contributed by atoms with Gasteiger partial charge in [0, 0.05) is 25.2 Å². The number of amides is 2. The van der Waals surface area contributed by atoms with Crippen LogP contribution >= 0.6 is 0 Å². The number of oxazole rings is 1. The highest BCUT2D eigenvalue weighted by Crippen LogP contribution is 2.20. The molecule has 2 aromatic carbocycles. The van der Waals surface area contributed by atoms with E-state index in [-0.39, 0.29) is 6.03 Å². The first kappa shape index (κ1) is 16.0. The van der Waals surface area contributed by atoms with Crippen molar-refractivity contribution in [3.05, 3.63) is 60.0 Å². The highest BCUT2D eigenvalue weighted by atomic mass is 16.3. The molecule has 1 aromatic heterocycles. The van der Waals surface area contributed by atoms with Crippen molar-refractivity contribution in [2.75, 3.05) is 11.9 Å². The molecule has 0 aliphatic heterocycles. The van der Waals surface area contributed by atoms with Gasteiger partial charge in [-0.15, -0.1) is 0 Å². The van der Waals surface area contributed by atoms with E-state index in [4.69, 9.17) is 4.42 Å². The van der Waals surface area contributed by atoms with Crippen LogP contribution in [0.2, 0.25) is 0 Å². The van der Waals surface area contributed by atoms with Gasteiger partial charge in [0.2, 0.25) is 0 Å². The number of fused-ring (bicyclic) bond motifs is 1. The third kappa shape index (κ3) is 3.91. The van der Waals surface area contributed by atoms with Crippen LogP contribution in [0.15, 0.2) is 52.9 Å². The Morgan fingerprint density at radius 1 is 1.25 bits per heavy atom. The van der Waals surface area contributed by atoms with Crippen molar-refractivity contribution in [3.8, 4) is 0 Å². The van der Waals surface area contributed by atoms with E-state index in [2.05, 4.69) is 15.6 Å². The fourth-order valence-corrected chi connectivity index (χ4v) is 2.46. The summed E-state index contributed by atoms with van der Waals surface area (Å²) < 4.78 is 5.44. The summed E-state index contributed by atoms with van der Waals surface area (Å²) >= 11 is 0. The van der Waals surface area contributed by atoms with E-state index < -0.39 is 6.10 Å². The number of benzene rings is 2. The molecule has 124 valence electrons. The largest absolute Gasteiger partial charge is 0.441 e. The Labute approximate surface area is 139 Å². The maximum absolute atomic E-state index is 11.9. The molecule has 6 heteroatoms. The van der Waals surface area contributed by atoms with Crippen molar-refractivity contribution in [3.63, 3.8) is 0 Å². The summed E-state index contributed by atoms with van der Waals surface area (Å²) in [5, 5.41) is 15.5. The molecular weight excluding hydrogens is 306 g/mol. The van der Waals surface area contributed by atoms with Gasteiger partial charge in [0.25, 0.3) is 0 Å². The molecule has 0 radical (unpaired) electrons. The molecule has 3 aromatic rings. The Hall–Kier alpha value is -2.86. The third-order valence-electron chi connectivity index (χ3n) is 3.64. The summed E-state index contributed by atoms with van der Waals surface area (Å²) in [5.74, 6) is 0.585. The lowest BCUT2D eigenvalue weighted by molar-refractivity contribution is 0.167. The molecule has 6 nitrogen and oxygen atoms in total. The molecular formula is C18H19N3O3. The number of carbonyl (C=O) groups excluding carboxylic acids is 1. The Bertz CT molecular complexity index is 830. The Morgan fingerprint density at radius 2 is 2.04 bits per heavy atom. The van der Waals surface area contributed by atoms with Crippen LogP contribution in [-0.4, -0.2) is 22.7 Å². The predicted molar refractivity (Wildman–Crippen MR) is 91.8 cm³/mol. The minimum absolute atomic E-state index is 0.328.